The summed E-state index contributed by atoms with van der Waals surface area (Å²) in [4.78, 5) is 16.2. The molecular formula is C19H17N3O4S. The van der Waals surface area contributed by atoms with Crippen LogP contribution in [-0.2, 0) is 10.0 Å². The van der Waals surface area contributed by atoms with E-state index in [0.717, 1.165) is 0 Å². The molecule has 138 valence electrons. The summed E-state index contributed by atoms with van der Waals surface area (Å²) in [5, 5.41) is 2.72. The molecule has 8 heteroatoms. The lowest BCUT2D eigenvalue weighted by atomic mass is 10.2. The molecule has 0 saturated heterocycles. The number of rotatable bonds is 6. The van der Waals surface area contributed by atoms with Crippen LogP contribution < -0.4 is 14.8 Å². The predicted molar refractivity (Wildman–Crippen MR) is 102 cm³/mol. The fourth-order valence-corrected chi connectivity index (χ4v) is 3.34. The summed E-state index contributed by atoms with van der Waals surface area (Å²) in [6.07, 6.45) is 2.97. The van der Waals surface area contributed by atoms with Crippen molar-refractivity contribution in [3.63, 3.8) is 0 Å². The highest BCUT2D eigenvalue weighted by Gasteiger charge is 2.14. The lowest BCUT2D eigenvalue weighted by Gasteiger charge is -2.09. The number of carbonyl (C=O) groups is 1. The second-order valence-corrected chi connectivity index (χ2v) is 7.24. The van der Waals surface area contributed by atoms with E-state index in [0.29, 0.717) is 22.7 Å². The minimum absolute atomic E-state index is 0.0776. The highest BCUT2D eigenvalue weighted by atomic mass is 32.2. The zero-order valence-corrected chi connectivity index (χ0v) is 15.2. The first-order chi connectivity index (χ1) is 13.0. The maximum Gasteiger partial charge on any atom is 0.261 e. The predicted octanol–water partition coefficient (Wildman–Crippen LogP) is 3.14. The van der Waals surface area contributed by atoms with Crippen molar-refractivity contribution in [3.8, 4) is 5.75 Å². The van der Waals surface area contributed by atoms with Gasteiger partial charge in [0, 0.05) is 17.4 Å². The Morgan fingerprint density at radius 2 is 1.67 bits per heavy atom. The summed E-state index contributed by atoms with van der Waals surface area (Å²) in [5.74, 6) is 0.351. The third-order valence-corrected chi connectivity index (χ3v) is 5.09. The van der Waals surface area contributed by atoms with Gasteiger partial charge in [0.05, 0.1) is 23.9 Å². The van der Waals surface area contributed by atoms with Crippen LogP contribution in [0.15, 0.2) is 78.0 Å². The highest BCUT2D eigenvalue weighted by molar-refractivity contribution is 7.92. The van der Waals surface area contributed by atoms with Crippen LogP contribution in [0.4, 0.5) is 11.4 Å². The van der Waals surface area contributed by atoms with Crippen molar-refractivity contribution < 1.29 is 17.9 Å². The second kappa shape index (κ2) is 7.88. The largest absolute Gasteiger partial charge is 0.497 e. The lowest BCUT2D eigenvalue weighted by molar-refractivity contribution is 0.102. The van der Waals surface area contributed by atoms with E-state index in [9.17, 15) is 13.2 Å². The number of amides is 1. The molecule has 2 aromatic carbocycles. The molecule has 27 heavy (non-hydrogen) atoms. The summed E-state index contributed by atoms with van der Waals surface area (Å²) in [7, 11) is -2.19. The second-order valence-electron chi connectivity index (χ2n) is 5.55. The van der Waals surface area contributed by atoms with Crippen molar-refractivity contribution in [1.29, 1.82) is 0 Å². The zero-order valence-electron chi connectivity index (χ0n) is 14.4. The first kappa shape index (κ1) is 18.4. The molecule has 0 aliphatic heterocycles. The molecule has 2 N–H and O–H groups in total. The van der Waals surface area contributed by atoms with Gasteiger partial charge in [-0.3, -0.25) is 14.5 Å². The first-order valence-electron chi connectivity index (χ1n) is 7.96. The molecule has 0 saturated carbocycles. The minimum Gasteiger partial charge on any atom is -0.497 e. The van der Waals surface area contributed by atoms with Crippen LogP contribution >= 0.6 is 0 Å². The molecule has 1 aromatic heterocycles. The number of nitrogens with one attached hydrogen (secondary N) is 2. The summed E-state index contributed by atoms with van der Waals surface area (Å²) in [5.41, 5.74) is 1.32. The molecule has 0 radical (unpaired) electrons. The Morgan fingerprint density at radius 3 is 2.26 bits per heavy atom. The molecular weight excluding hydrogens is 366 g/mol. The van der Waals surface area contributed by atoms with E-state index in [2.05, 4.69) is 15.0 Å². The van der Waals surface area contributed by atoms with Gasteiger partial charge in [-0.25, -0.2) is 8.42 Å². The van der Waals surface area contributed by atoms with Crippen molar-refractivity contribution in [3.05, 3.63) is 78.6 Å². The van der Waals surface area contributed by atoms with Crippen LogP contribution in [-0.4, -0.2) is 26.4 Å². The molecule has 0 unspecified atom stereocenters. The van der Waals surface area contributed by atoms with Gasteiger partial charge in [-0.15, -0.1) is 0 Å². The number of hydrogen-bond acceptors (Lipinski definition) is 5. The number of hydrogen-bond donors (Lipinski definition) is 2. The number of sulfonamides is 1. The quantitative estimate of drug-likeness (QED) is 0.681. The van der Waals surface area contributed by atoms with Crippen LogP contribution in [0.1, 0.15) is 10.4 Å². The monoisotopic (exact) mass is 383 g/mol. The Bertz CT molecular complexity index is 1020. The van der Waals surface area contributed by atoms with Crippen molar-refractivity contribution in [2.45, 2.75) is 4.90 Å². The van der Waals surface area contributed by atoms with E-state index in [1.807, 2.05) is 0 Å². The molecule has 0 aliphatic carbocycles. The van der Waals surface area contributed by atoms with Gasteiger partial charge in [0.15, 0.2) is 0 Å². The summed E-state index contributed by atoms with van der Waals surface area (Å²) in [6, 6.07) is 15.8. The number of pyridine rings is 1. The number of ether oxygens (including phenoxy) is 1. The van der Waals surface area contributed by atoms with Crippen molar-refractivity contribution in [1.82, 2.24) is 4.98 Å². The molecule has 0 aliphatic rings. The Balaban J connectivity index is 1.70. The van der Waals surface area contributed by atoms with Gasteiger partial charge < -0.3 is 10.1 Å². The van der Waals surface area contributed by atoms with Crippen molar-refractivity contribution in [2.75, 3.05) is 17.1 Å². The maximum atomic E-state index is 12.4. The van der Waals surface area contributed by atoms with Gasteiger partial charge in [0.1, 0.15) is 5.75 Å². The van der Waals surface area contributed by atoms with Crippen LogP contribution in [0.5, 0.6) is 5.75 Å². The fourth-order valence-electron chi connectivity index (χ4n) is 2.30. The standard InChI is InChI=1S/C19H17N3O4S/c1-26-17-8-4-14(5-9-17)19(23)21-15-6-10-18(11-7-15)27(24,25)22-16-3-2-12-20-13-16/h2-13,22H,1H3,(H,21,23). The summed E-state index contributed by atoms with van der Waals surface area (Å²) < 4.78 is 32.3. The lowest BCUT2D eigenvalue weighted by Crippen LogP contribution is -2.14. The smallest absolute Gasteiger partial charge is 0.261 e. The number of anilines is 2. The summed E-state index contributed by atoms with van der Waals surface area (Å²) in [6.45, 7) is 0. The number of methoxy groups -OCH3 is 1. The highest BCUT2D eigenvalue weighted by Crippen LogP contribution is 2.19. The zero-order chi connectivity index (χ0) is 19.3. The fraction of sp³-hybridized carbons (Fsp3) is 0.0526. The van der Waals surface area contributed by atoms with Crippen LogP contribution in [0.3, 0.4) is 0 Å². The van der Waals surface area contributed by atoms with Gasteiger partial charge in [-0.05, 0) is 60.7 Å². The number of benzene rings is 2. The molecule has 7 nitrogen and oxygen atoms in total. The molecule has 3 aromatic rings. The van der Waals surface area contributed by atoms with E-state index in [1.54, 1.807) is 49.7 Å². The minimum atomic E-state index is -3.74. The molecule has 3 rings (SSSR count). The van der Waals surface area contributed by atoms with Crippen LogP contribution in [0, 0.1) is 0 Å². The molecule has 0 fully saturated rings. The van der Waals surface area contributed by atoms with Crippen LogP contribution in [0.25, 0.3) is 0 Å². The van der Waals surface area contributed by atoms with E-state index >= 15 is 0 Å². The van der Waals surface area contributed by atoms with Crippen LogP contribution in [0.2, 0.25) is 0 Å². The molecule has 0 atom stereocenters. The Labute approximate surface area is 157 Å². The average Bonchev–Trinajstić information content (AvgIpc) is 2.69. The number of aromatic nitrogens is 1. The molecule has 0 bridgehead atoms. The Morgan fingerprint density at radius 1 is 0.963 bits per heavy atom. The maximum absolute atomic E-state index is 12.4. The van der Waals surface area contributed by atoms with Gasteiger partial charge >= 0.3 is 0 Å². The van der Waals surface area contributed by atoms with Crippen molar-refractivity contribution in [2.24, 2.45) is 0 Å². The number of nitrogens with zero attached hydrogens (tertiary/aromatic N) is 1. The molecule has 1 amide bonds. The average molecular weight is 383 g/mol. The van der Waals surface area contributed by atoms with E-state index in [1.165, 1.54) is 30.5 Å². The van der Waals surface area contributed by atoms with Gasteiger partial charge in [0.2, 0.25) is 0 Å². The van der Waals surface area contributed by atoms with E-state index < -0.39 is 10.0 Å². The van der Waals surface area contributed by atoms with E-state index in [4.69, 9.17) is 4.74 Å². The topological polar surface area (TPSA) is 97.4 Å². The van der Waals surface area contributed by atoms with Gasteiger partial charge in [0.25, 0.3) is 15.9 Å². The third-order valence-electron chi connectivity index (χ3n) is 3.69. The number of carbonyl (C=O) groups excluding carboxylic acids is 1. The van der Waals surface area contributed by atoms with Crippen molar-refractivity contribution >= 4 is 27.3 Å². The first-order valence-corrected chi connectivity index (χ1v) is 9.44. The molecule has 0 spiro atoms. The van der Waals surface area contributed by atoms with E-state index in [-0.39, 0.29) is 10.8 Å². The molecule has 1 heterocycles. The van der Waals surface area contributed by atoms with Gasteiger partial charge in [-0.2, -0.15) is 0 Å². The Hall–Kier alpha value is -3.39. The Kier molecular flexibility index (Phi) is 5.37. The SMILES string of the molecule is COc1ccc(C(=O)Nc2ccc(S(=O)(=O)Nc3cccnc3)cc2)cc1. The van der Waals surface area contributed by atoms with Gasteiger partial charge in [-0.1, -0.05) is 0 Å². The third kappa shape index (κ3) is 4.62. The normalized spacial score (nSPS) is 10.9. The summed E-state index contributed by atoms with van der Waals surface area (Å²) >= 11 is 0.